The van der Waals surface area contributed by atoms with E-state index in [2.05, 4.69) is 70.7 Å². The molecule has 1 aromatic heterocycles. The number of hydrogen-bond donors (Lipinski definition) is 0. The van der Waals surface area contributed by atoms with Crippen LogP contribution in [0.15, 0.2) is 73.1 Å². The average molecular weight is 360 g/mol. The lowest BCUT2D eigenvalue weighted by Crippen LogP contribution is -2.49. The van der Waals surface area contributed by atoms with Gasteiger partial charge in [-0.2, -0.15) is 5.10 Å². The monoisotopic (exact) mass is 360 g/mol. The molecular weight excluding hydrogens is 336 g/mol. The summed E-state index contributed by atoms with van der Waals surface area (Å²) in [7, 11) is 1.83. The minimum absolute atomic E-state index is 0.0683. The van der Waals surface area contributed by atoms with Crippen LogP contribution in [-0.4, -0.2) is 51.7 Å². The van der Waals surface area contributed by atoms with Gasteiger partial charge in [-0.15, -0.1) is 0 Å². The summed E-state index contributed by atoms with van der Waals surface area (Å²) in [5.41, 5.74) is 3.24. The van der Waals surface area contributed by atoms with E-state index < -0.39 is 0 Å². The van der Waals surface area contributed by atoms with Crippen molar-refractivity contribution in [2.24, 2.45) is 7.05 Å². The van der Waals surface area contributed by atoms with E-state index in [1.165, 1.54) is 11.1 Å². The molecule has 5 nitrogen and oxygen atoms in total. The molecule has 0 aliphatic carbocycles. The summed E-state index contributed by atoms with van der Waals surface area (Å²) in [5.74, 6) is 0.0683. The molecule has 2 heterocycles. The van der Waals surface area contributed by atoms with Crippen LogP contribution in [0.1, 0.15) is 27.5 Å². The maximum absolute atomic E-state index is 12.7. The molecule has 1 fully saturated rings. The van der Waals surface area contributed by atoms with Crippen LogP contribution >= 0.6 is 0 Å². The maximum Gasteiger partial charge on any atom is 0.257 e. The number of carbonyl (C=O) groups is 1. The minimum atomic E-state index is 0.0683. The highest BCUT2D eigenvalue weighted by atomic mass is 16.2. The Kier molecular flexibility index (Phi) is 5.03. The Bertz CT molecular complexity index is 843. The summed E-state index contributed by atoms with van der Waals surface area (Å²) >= 11 is 0. The molecule has 5 heteroatoms. The fourth-order valence-electron chi connectivity index (χ4n) is 3.78. The van der Waals surface area contributed by atoms with E-state index in [1.54, 1.807) is 17.1 Å². The molecule has 0 N–H and O–H groups in total. The third kappa shape index (κ3) is 3.78. The number of piperazine rings is 1. The van der Waals surface area contributed by atoms with Crippen LogP contribution in [0.3, 0.4) is 0 Å². The standard InChI is InChI=1S/C22H24N4O/c1-24-17-20(16-23-24)22(27)26-14-12-25(13-15-26)21(18-8-4-2-5-9-18)19-10-6-3-7-11-19/h2-11,16-17,21H,12-15H2,1H3. The van der Waals surface area contributed by atoms with E-state index in [1.807, 2.05) is 11.9 Å². The molecule has 1 saturated heterocycles. The Morgan fingerprint density at radius 2 is 1.44 bits per heavy atom. The van der Waals surface area contributed by atoms with Gasteiger partial charge in [-0.3, -0.25) is 14.4 Å². The molecule has 27 heavy (non-hydrogen) atoms. The van der Waals surface area contributed by atoms with Crippen molar-refractivity contribution in [3.05, 3.63) is 89.7 Å². The number of amides is 1. The SMILES string of the molecule is Cn1cc(C(=O)N2CCN(C(c3ccccc3)c3ccccc3)CC2)cn1. The molecule has 4 rings (SSSR count). The quantitative estimate of drug-likeness (QED) is 0.718. The first-order valence-electron chi connectivity index (χ1n) is 9.34. The first-order chi connectivity index (χ1) is 13.2. The molecule has 138 valence electrons. The van der Waals surface area contributed by atoms with Crippen molar-refractivity contribution in [1.29, 1.82) is 0 Å². The maximum atomic E-state index is 12.7. The Morgan fingerprint density at radius 3 is 1.93 bits per heavy atom. The van der Waals surface area contributed by atoms with Crippen molar-refractivity contribution in [3.63, 3.8) is 0 Å². The zero-order chi connectivity index (χ0) is 18.6. The van der Waals surface area contributed by atoms with Gasteiger partial charge in [-0.1, -0.05) is 60.7 Å². The topological polar surface area (TPSA) is 41.4 Å². The highest BCUT2D eigenvalue weighted by Gasteiger charge is 2.28. The molecule has 3 aromatic rings. The van der Waals surface area contributed by atoms with E-state index in [-0.39, 0.29) is 11.9 Å². The van der Waals surface area contributed by atoms with E-state index in [9.17, 15) is 4.79 Å². The van der Waals surface area contributed by atoms with Gasteiger partial charge in [0.1, 0.15) is 0 Å². The van der Waals surface area contributed by atoms with Crippen LogP contribution in [0.4, 0.5) is 0 Å². The molecule has 1 amide bonds. The van der Waals surface area contributed by atoms with Gasteiger partial charge in [0.2, 0.25) is 0 Å². The predicted octanol–water partition coefficient (Wildman–Crippen LogP) is 2.97. The van der Waals surface area contributed by atoms with Crippen LogP contribution in [0.25, 0.3) is 0 Å². The van der Waals surface area contributed by atoms with Crippen LogP contribution in [-0.2, 0) is 7.05 Å². The number of aryl methyl sites for hydroxylation is 1. The van der Waals surface area contributed by atoms with Crippen molar-refractivity contribution < 1.29 is 4.79 Å². The summed E-state index contributed by atoms with van der Waals surface area (Å²) in [6.07, 6.45) is 3.43. The fourth-order valence-corrected chi connectivity index (χ4v) is 3.78. The second kappa shape index (κ2) is 7.76. The average Bonchev–Trinajstić information content (AvgIpc) is 3.16. The van der Waals surface area contributed by atoms with Gasteiger partial charge < -0.3 is 4.90 Å². The summed E-state index contributed by atoms with van der Waals surface area (Å²) in [6.45, 7) is 3.15. The van der Waals surface area contributed by atoms with Crippen molar-refractivity contribution in [1.82, 2.24) is 19.6 Å². The molecule has 0 bridgehead atoms. The van der Waals surface area contributed by atoms with Gasteiger partial charge in [0.15, 0.2) is 0 Å². The minimum Gasteiger partial charge on any atom is -0.336 e. The molecule has 0 spiro atoms. The van der Waals surface area contributed by atoms with Crippen molar-refractivity contribution in [2.45, 2.75) is 6.04 Å². The van der Waals surface area contributed by atoms with Crippen LogP contribution in [0, 0.1) is 0 Å². The summed E-state index contributed by atoms with van der Waals surface area (Å²) in [5, 5.41) is 4.11. The molecule has 1 aliphatic rings. The van der Waals surface area contributed by atoms with Gasteiger partial charge in [0.25, 0.3) is 5.91 Å². The predicted molar refractivity (Wildman–Crippen MR) is 105 cm³/mol. The number of benzene rings is 2. The number of aromatic nitrogens is 2. The second-order valence-electron chi connectivity index (χ2n) is 6.95. The summed E-state index contributed by atoms with van der Waals surface area (Å²) in [4.78, 5) is 17.1. The number of carbonyl (C=O) groups excluding carboxylic acids is 1. The lowest BCUT2D eigenvalue weighted by molar-refractivity contribution is 0.0597. The Morgan fingerprint density at radius 1 is 0.889 bits per heavy atom. The first-order valence-corrected chi connectivity index (χ1v) is 9.34. The van der Waals surface area contributed by atoms with Gasteiger partial charge in [0.05, 0.1) is 17.8 Å². The van der Waals surface area contributed by atoms with Gasteiger partial charge in [-0.25, -0.2) is 0 Å². The van der Waals surface area contributed by atoms with Crippen molar-refractivity contribution in [3.8, 4) is 0 Å². The van der Waals surface area contributed by atoms with Crippen molar-refractivity contribution >= 4 is 5.91 Å². The zero-order valence-corrected chi connectivity index (χ0v) is 15.5. The largest absolute Gasteiger partial charge is 0.336 e. The van der Waals surface area contributed by atoms with Crippen LogP contribution in [0.5, 0.6) is 0 Å². The van der Waals surface area contributed by atoms with Gasteiger partial charge >= 0.3 is 0 Å². The van der Waals surface area contributed by atoms with E-state index in [0.717, 1.165) is 26.2 Å². The lowest BCUT2D eigenvalue weighted by Gasteiger charge is -2.39. The first kappa shape index (κ1) is 17.5. The molecule has 1 aliphatic heterocycles. The summed E-state index contributed by atoms with van der Waals surface area (Å²) < 4.78 is 1.67. The highest BCUT2D eigenvalue weighted by molar-refractivity contribution is 5.93. The molecule has 0 atom stereocenters. The number of hydrogen-bond acceptors (Lipinski definition) is 3. The van der Waals surface area contributed by atoms with Crippen molar-refractivity contribution in [2.75, 3.05) is 26.2 Å². The third-order valence-corrected chi connectivity index (χ3v) is 5.15. The smallest absolute Gasteiger partial charge is 0.257 e. The lowest BCUT2D eigenvalue weighted by atomic mass is 9.96. The molecular formula is C22H24N4O. The Labute approximate surface area is 159 Å². The normalized spacial score (nSPS) is 15.3. The van der Waals surface area contributed by atoms with Gasteiger partial charge in [0, 0.05) is 39.4 Å². The van der Waals surface area contributed by atoms with Crippen LogP contribution in [0.2, 0.25) is 0 Å². The molecule has 2 aromatic carbocycles. The number of nitrogens with zero attached hydrogens (tertiary/aromatic N) is 4. The van der Waals surface area contributed by atoms with E-state index in [4.69, 9.17) is 0 Å². The fraction of sp³-hybridized carbons (Fsp3) is 0.273. The molecule has 0 unspecified atom stereocenters. The van der Waals surface area contributed by atoms with E-state index in [0.29, 0.717) is 5.56 Å². The Hall–Kier alpha value is -2.92. The molecule has 0 saturated carbocycles. The third-order valence-electron chi connectivity index (χ3n) is 5.15. The zero-order valence-electron chi connectivity index (χ0n) is 15.5. The van der Waals surface area contributed by atoms with Crippen LogP contribution < -0.4 is 0 Å². The highest BCUT2D eigenvalue weighted by Crippen LogP contribution is 2.29. The number of rotatable bonds is 4. The van der Waals surface area contributed by atoms with Gasteiger partial charge in [-0.05, 0) is 11.1 Å². The van der Waals surface area contributed by atoms with E-state index >= 15 is 0 Å². The Balaban J connectivity index is 1.51. The second-order valence-corrected chi connectivity index (χ2v) is 6.95. The molecule has 0 radical (unpaired) electrons. The summed E-state index contributed by atoms with van der Waals surface area (Å²) in [6, 6.07) is 21.4.